The lowest BCUT2D eigenvalue weighted by Crippen LogP contribution is -2.48. The van der Waals surface area contributed by atoms with Crippen LogP contribution < -0.4 is 20.1 Å². The molecule has 1 fully saturated rings. The van der Waals surface area contributed by atoms with Crippen LogP contribution in [0.15, 0.2) is 42.5 Å². The van der Waals surface area contributed by atoms with Crippen molar-refractivity contribution in [2.24, 2.45) is 11.8 Å². The van der Waals surface area contributed by atoms with Crippen LogP contribution in [0.3, 0.4) is 0 Å². The third-order valence-corrected chi connectivity index (χ3v) is 9.44. The third kappa shape index (κ3) is 10.3. The minimum atomic E-state index is -0.504. The van der Waals surface area contributed by atoms with Gasteiger partial charge in [-0.3, -0.25) is 9.59 Å². The first-order chi connectivity index (χ1) is 23.1. The van der Waals surface area contributed by atoms with Gasteiger partial charge in [0.1, 0.15) is 11.5 Å². The van der Waals surface area contributed by atoms with Crippen molar-refractivity contribution in [1.82, 2.24) is 9.80 Å². The number of aliphatic hydroxyl groups is 1. The van der Waals surface area contributed by atoms with Gasteiger partial charge in [0.2, 0.25) is 5.91 Å². The zero-order valence-electron chi connectivity index (χ0n) is 29.2. The highest BCUT2D eigenvalue weighted by atomic mass is 16.5. The standard InChI is InChI=1S/C37H54N4O7/c1-25-22-41(26(2)24-42)36(44)32-21-30(38-35(43)28-12-7-6-8-13-28)16-19-33(32)48-27(3)11-9-10-20-47-34(25)23-40(4)37(45)39-29-14-17-31(46-5)18-15-29/h14-19,21,25-28,34,42H,6-13,20,22-24H2,1-5H3,(H,38,43)(H,39,45)/t25-,26+,27-,34+/m1/s1. The van der Waals surface area contributed by atoms with E-state index in [4.69, 9.17) is 14.2 Å². The number of nitrogens with one attached hydrogen (secondary N) is 2. The number of anilines is 2. The Morgan fingerprint density at radius 1 is 1.00 bits per heavy atom. The number of aliphatic hydroxyl groups excluding tert-OH is 1. The van der Waals surface area contributed by atoms with Crippen LogP contribution in [-0.2, 0) is 9.53 Å². The van der Waals surface area contributed by atoms with Gasteiger partial charge in [-0.15, -0.1) is 0 Å². The Balaban J connectivity index is 1.56. The Kier molecular flexibility index (Phi) is 13.9. The number of carbonyl (C=O) groups excluding carboxylic acids is 3. The van der Waals surface area contributed by atoms with Crippen LogP contribution in [-0.4, -0.2) is 91.5 Å². The summed E-state index contributed by atoms with van der Waals surface area (Å²) in [5.74, 6) is 0.598. The number of urea groups is 1. The second-order valence-electron chi connectivity index (χ2n) is 13.4. The number of hydrogen-bond donors (Lipinski definition) is 3. The van der Waals surface area contributed by atoms with Crippen molar-refractivity contribution in [3.63, 3.8) is 0 Å². The summed E-state index contributed by atoms with van der Waals surface area (Å²) in [6.07, 6.45) is 6.90. The van der Waals surface area contributed by atoms with Crippen LogP contribution in [0.1, 0.15) is 82.5 Å². The van der Waals surface area contributed by atoms with Crippen LogP contribution in [0, 0.1) is 11.8 Å². The van der Waals surface area contributed by atoms with Gasteiger partial charge in [0, 0.05) is 50.0 Å². The highest BCUT2D eigenvalue weighted by molar-refractivity contribution is 6.00. The maximum absolute atomic E-state index is 14.4. The molecule has 2 aliphatic rings. The zero-order valence-corrected chi connectivity index (χ0v) is 29.2. The molecule has 4 atom stereocenters. The number of ether oxygens (including phenoxy) is 3. The van der Waals surface area contributed by atoms with Gasteiger partial charge in [0.25, 0.3) is 5.91 Å². The molecule has 0 saturated heterocycles. The van der Waals surface area contributed by atoms with Gasteiger partial charge in [-0.25, -0.2) is 4.79 Å². The molecule has 4 amide bonds. The summed E-state index contributed by atoms with van der Waals surface area (Å²) < 4.78 is 17.9. The number of hydrogen-bond acceptors (Lipinski definition) is 7. The molecule has 1 heterocycles. The molecule has 11 nitrogen and oxygen atoms in total. The average molecular weight is 667 g/mol. The average Bonchev–Trinajstić information content (AvgIpc) is 3.10. The molecule has 48 heavy (non-hydrogen) atoms. The molecule has 0 aromatic heterocycles. The van der Waals surface area contributed by atoms with Crippen molar-refractivity contribution in [2.75, 3.05) is 51.1 Å². The zero-order chi connectivity index (χ0) is 34.6. The largest absolute Gasteiger partial charge is 0.497 e. The normalized spacial score (nSPS) is 22.0. The molecule has 1 aliphatic heterocycles. The summed E-state index contributed by atoms with van der Waals surface area (Å²) in [5, 5.41) is 16.2. The number of methoxy groups -OCH3 is 1. The Labute approximate surface area is 285 Å². The fourth-order valence-corrected chi connectivity index (χ4v) is 6.32. The van der Waals surface area contributed by atoms with Crippen molar-refractivity contribution >= 4 is 29.2 Å². The van der Waals surface area contributed by atoms with Gasteiger partial charge in [-0.1, -0.05) is 26.2 Å². The van der Waals surface area contributed by atoms with Gasteiger partial charge < -0.3 is 39.8 Å². The quantitative estimate of drug-likeness (QED) is 0.307. The molecule has 2 aromatic carbocycles. The highest BCUT2D eigenvalue weighted by Gasteiger charge is 2.31. The van der Waals surface area contributed by atoms with E-state index in [-0.39, 0.29) is 55.0 Å². The topological polar surface area (TPSA) is 130 Å². The predicted molar refractivity (Wildman–Crippen MR) is 187 cm³/mol. The van der Waals surface area contributed by atoms with E-state index >= 15 is 0 Å². The molecule has 264 valence electrons. The molecule has 4 rings (SSSR count). The Morgan fingerprint density at radius 3 is 2.38 bits per heavy atom. The molecular formula is C37H54N4O7. The number of benzene rings is 2. The van der Waals surface area contributed by atoms with E-state index in [2.05, 4.69) is 10.6 Å². The number of rotatable bonds is 8. The molecule has 0 bridgehead atoms. The van der Waals surface area contributed by atoms with Crippen LogP contribution >= 0.6 is 0 Å². The van der Waals surface area contributed by atoms with Crippen LogP contribution in [0.2, 0.25) is 0 Å². The fraction of sp³-hybridized carbons (Fsp3) is 0.595. The number of fused-ring (bicyclic) bond motifs is 1. The minimum Gasteiger partial charge on any atom is -0.497 e. The first-order valence-electron chi connectivity index (χ1n) is 17.4. The lowest BCUT2D eigenvalue weighted by Gasteiger charge is -2.35. The third-order valence-electron chi connectivity index (χ3n) is 9.44. The number of amides is 4. The molecule has 0 radical (unpaired) electrons. The maximum atomic E-state index is 14.4. The monoisotopic (exact) mass is 666 g/mol. The van der Waals surface area contributed by atoms with Crippen LogP contribution in [0.4, 0.5) is 16.2 Å². The second kappa shape index (κ2) is 18.1. The first kappa shape index (κ1) is 37.0. The highest BCUT2D eigenvalue weighted by Crippen LogP contribution is 2.30. The van der Waals surface area contributed by atoms with Crippen molar-refractivity contribution < 1.29 is 33.7 Å². The summed E-state index contributed by atoms with van der Waals surface area (Å²) in [4.78, 5) is 43.8. The van der Waals surface area contributed by atoms with Gasteiger partial charge in [0.05, 0.1) is 37.5 Å². The van der Waals surface area contributed by atoms with Gasteiger partial charge >= 0.3 is 6.03 Å². The lowest BCUT2D eigenvalue weighted by atomic mass is 9.88. The SMILES string of the molecule is COc1ccc(NC(=O)N(C)C[C@@H]2OCCCC[C@@H](C)Oc3ccc(NC(=O)C4CCCCC4)cc3C(=O)N([C@@H](C)CO)C[C@H]2C)cc1. The molecule has 3 N–H and O–H groups in total. The van der Waals surface area contributed by atoms with Gasteiger partial charge in [-0.2, -0.15) is 0 Å². The summed E-state index contributed by atoms with van der Waals surface area (Å²) in [7, 11) is 3.31. The summed E-state index contributed by atoms with van der Waals surface area (Å²) in [6, 6.07) is 11.6. The molecule has 0 spiro atoms. The van der Waals surface area contributed by atoms with Gasteiger partial charge in [-0.05, 0) is 88.4 Å². The van der Waals surface area contributed by atoms with Crippen LogP contribution in [0.5, 0.6) is 11.5 Å². The van der Waals surface area contributed by atoms with E-state index in [1.165, 1.54) is 0 Å². The van der Waals surface area contributed by atoms with E-state index < -0.39 is 6.04 Å². The van der Waals surface area contributed by atoms with E-state index in [1.54, 1.807) is 73.3 Å². The van der Waals surface area contributed by atoms with Crippen molar-refractivity contribution in [1.29, 1.82) is 0 Å². The Hall–Kier alpha value is -3.83. The fourth-order valence-electron chi connectivity index (χ4n) is 6.32. The maximum Gasteiger partial charge on any atom is 0.321 e. The van der Waals surface area contributed by atoms with Gasteiger partial charge in [0.15, 0.2) is 0 Å². The first-order valence-corrected chi connectivity index (χ1v) is 17.4. The van der Waals surface area contributed by atoms with Crippen molar-refractivity contribution in [3.8, 4) is 11.5 Å². The molecule has 1 saturated carbocycles. The molecule has 2 aromatic rings. The molecular weight excluding hydrogens is 612 g/mol. The molecule has 1 aliphatic carbocycles. The van der Waals surface area contributed by atoms with Crippen LogP contribution in [0.25, 0.3) is 0 Å². The lowest BCUT2D eigenvalue weighted by molar-refractivity contribution is -0.120. The number of likely N-dealkylation sites (N-methyl/N-ethyl adjacent to an activating group) is 1. The summed E-state index contributed by atoms with van der Waals surface area (Å²) in [6.45, 7) is 6.61. The molecule has 0 unspecified atom stereocenters. The Bertz CT molecular complexity index is 1350. The second-order valence-corrected chi connectivity index (χ2v) is 13.4. The molecule has 11 heteroatoms. The summed E-state index contributed by atoms with van der Waals surface area (Å²) in [5.41, 5.74) is 1.53. The van der Waals surface area contributed by atoms with E-state index in [0.717, 1.165) is 51.4 Å². The minimum absolute atomic E-state index is 0.0216. The summed E-state index contributed by atoms with van der Waals surface area (Å²) >= 11 is 0. The van der Waals surface area contributed by atoms with E-state index in [9.17, 15) is 19.5 Å². The Morgan fingerprint density at radius 2 is 1.69 bits per heavy atom. The number of carbonyl (C=O) groups is 3. The van der Waals surface area contributed by atoms with Crippen molar-refractivity contribution in [3.05, 3.63) is 48.0 Å². The van der Waals surface area contributed by atoms with E-state index in [0.29, 0.717) is 41.6 Å². The smallest absolute Gasteiger partial charge is 0.321 e. The number of nitrogens with zero attached hydrogens (tertiary/aromatic N) is 2. The van der Waals surface area contributed by atoms with E-state index in [1.807, 2.05) is 13.8 Å². The predicted octanol–water partition coefficient (Wildman–Crippen LogP) is 6.17. The van der Waals surface area contributed by atoms with Crippen molar-refractivity contribution in [2.45, 2.75) is 90.4 Å².